The number of rotatable bonds is 5. The summed E-state index contributed by atoms with van der Waals surface area (Å²) in [6, 6.07) is 0. The SMILES string of the molecule is CCP(C)(=O)OCCOC. The van der Waals surface area contributed by atoms with Crippen molar-refractivity contribution in [3.63, 3.8) is 0 Å². The molecule has 0 amide bonds. The van der Waals surface area contributed by atoms with E-state index in [-0.39, 0.29) is 0 Å². The summed E-state index contributed by atoms with van der Waals surface area (Å²) in [4.78, 5) is 0. The molecule has 1 atom stereocenters. The highest BCUT2D eigenvalue weighted by Crippen LogP contribution is 2.41. The van der Waals surface area contributed by atoms with Crippen LogP contribution < -0.4 is 0 Å². The van der Waals surface area contributed by atoms with E-state index in [2.05, 4.69) is 0 Å². The highest BCUT2D eigenvalue weighted by atomic mass is 31.2. The smallest absolute Gasteiger partial charge is 0.199 e. The Bertz CT molecular complexity index is 124. The molecule has 1 unspecified atom stereocenters. The van der Waals surface area contributed by atoms with Crippen molar-refractivity contribution >= 4 is 7.37 Å². The fraction of sp³-hybridized carbons (Fsp3) is 1.00. The molecule has 0 aromatic rings. The van der Waals surface area contributed by atoms with E-state index in [9.17, 15) is 4.57 Å². The van der Waals surface area contributed by atoms with Crippen molar-refractivity contribution in [2.24, 2.45) is 0 Å². The van der Waals surface area contributed by atoms with Gasteiger partial charge in [-0.15, -0.1) is 0 Å². The van der Waals surface area contributed by atoms with Crippen LogP contribution in [0, 0.1) is 0 Å². The third kappa shape index (κ3) is 4.98. The summed E-state index contributed by atoms with van der Waals surface area (Å²) < 4.78 is 21.0. The van der Waals surface area contributed by atoms with Gasteiger partial charge in [0.1, 0.15) is 0 Å². The van der Waals surface area contributed by atoms with E-state index >= 15 is 0 Å². The van der Waals surface area contributed by atoms with E-state index in [1.54, 1.807) is 13.8 Å². The third-order valence-electron chi connectivity index (χ3n) is 1.23. The molecule has 0 rings (SSSR count). The second kappa shape index (κ2) is 4.89. The summed E-state index contributed by atoms with van der Waals surface area (Å²) in [5.41, 5.74) is 0. The van der Waals surface area contributed by atoms with Crippen LogP contribution in [0.3, 0.4) is 0 Å². The van der Waals surface area contributed by atoms with Crippen LogP contribution in [0.2, 0.25) is 0 Å². The molecule has 3 nitrogen and oxygen atoms in total. The summed E-state index contributed by atoms with van der Waals surface area (Å²) in [6.45, 7) is 4.44. The maximum Gasteiger partial charge on any atom is 0.199 e. The fourth-order valence-electron chi connectivity index (χ4n) is 0.405. The lowest BCUT2D eigenvalue weighted by Gasteiger charge is -2.09. The highest BCUT2D eigenvalue weighted by molar-refractivity contribution is 7.58. The predicted octanol–water partition coefficient (Wildman–Crippen LogP) is 1.58. The first-order chi connectivity index (χ1) is 4.62. The number of ether oxygens (including phenoxy) is 1. The van der Waals surface area contributed by atoms with Gasteiger partial charge in [-0.3, -0.25) is 4.57 Å². The molecule has 62 valence electrons. The molecule has 0 fully saturated rings. The molecular weight excluding hydrogens is 151 g/mol. The Morgan fingerprint density at radius 1 is 1.40 bits per heavy atom. The van der Waals surface area contributed by atoms with Crippen molar-refractivity contribution in [2.45, 2.75) is 6.92 Å². The van der Waals surface area contributed by atoms with E-state index in [0.29, 0.717) is 19.4 Å². The first-order valence-corrected chi connectivity index (χ1v) is 5.58. The lowest BCUT2D eigenvalue weighted by atomic mass is 10.8. The molecule has 0 aromatic carbocycles. The number of hydrogen-bond donors (Lipinski definition) is 0. The molecule has 0 aromatic heterocycles. The summed E-state index contributed by atoms with van der Waals surface area (Å²) in [6.07, 6.45) is 0.594. The second-order valence-corrected chi connectivity index (χ2v) is 5.08. The topological polar surface area (TPSA) is 35.5 Å². The van der Waals surface area contributed by atoms with Gasteiger partial charge in [-0.25, -0.2) is 0 Å². The Morgan fingerprint density at radius 2 is 2.00 bits per heavy atom. The molecule has 0 radical (unpaired) electrons. The van der Waals surface area contributed by atoms with Gasteiger partial charge in [-0.05, 0) is 0 Å². The van der Waals surface area contributed by atoms with Crippen molar-refractivity contribution in [1.29, 1.82) is 0 Å². The lowest BCUT2D eigenvalue weighted by Crippen LogP contribution is -2.00. The Balaban J connectivity index is 3.38. The fourth-order valence-corrected chi connectivity index (χ4v) is 1.05. The van der Waals surface area contributed by atoms with E-state index < -0.39 is 7.37 Å². The Labute approximate surface area is 62.2 Å². The number of methoxy groups -OCH3 is 1. The Hall–Kier alpha value is 0.150. The molecule has 0 aliphatic heterocycles. The largest absolute Gasteiger partial charge is 0.382 e. The zero-order valence-electron chi connectivity index (χ0n) is 6.79. The van der Waals surface area contributed by atoms with E-state index in [0.717, 1.165) is 0 Å². The molecule has 0 bridgehead atoms. The standard InChI is InChI=1S/C6H15O3P/c1-4-10(3,7)9-6-5-8-2/h4-6H2,1-3H3. The summed E-state index contributed by atoms with van der Waals surface area (Å²) >= 11 is 0. The summed E-state index contributed by atoms with van der Waals surface area (Å²) in [5.74, 6) is 0. The molecule has 0 spiro atoms. The van der Waals surface area contributed by atoms with Crippen LogP contribution in [0.25, 0.3) is 0 Å². The first-order valence-electron chi connectivity index (χ1n) is 3.32. The lowest BCUT2D eigenvalue weighted by molar-refractivity contribution is 0.148. The second-order valence-electron chi connectivity index (χ2n) is 2.16. The van der Waals surface area contributed by atoms with E-state index in [4.69, 9.17) is 9.26 Å². The molecule has 0 saturated heterocycles. The van der Waals surface area contributed by atoms with Crippen LogP contribution in [0.15, 0.2) is 0 Å². The summed E-state index contributed by atoms with van der Waals surface area (Å²) in [7, 11) is -0.690. The zero-order chi connectivity index (χ0) is 8.04. The quantitative estimate of drug-likeness (QED) is 0.459. The summed E-state index contributed by atoms with van der Waals surface area (Å²) in [5, 5.41) is 0. The van der Waals surface area contributed by atoms with Crippen LogP contribution >= 0.6 is 7.37 Å². The normalized spacial score (nSPS) is 16.7. The Kier molecular flexibility index (Phi) is 4.96. The van der Waals surface area contributed by atoms with Gasteiger partial charge in [-0.2, -0.15) is 0 Å². The monoisotopic (exact) mass is 166 g/mol. The number of hydrogen-bond acceptors (Lipinski definition) is 3. The van der Waals surface area contributed by atoms with Crippen LogP contribution in [-0.4, -0.2) is 33.2 Å². The first kappa shape index (κ1) is 10.2. The molecule has 0 aliphatic carbocycles. The van der Waals surface area contributed by atoms with Crippen LogP contribution in [0.4, 0.5) is 0 Å². The van der Waals surface area contributed by atoms with Gasteiger partial charge < -0.3 is 9.26 Å². The van der Waals surface area contributed by atoms with Crippen molar-refractivity contribution in [3.8, 4) is 0 Å². The van der Waals surface area contributed by atoms with Crippen molar-refractivity contribution < 1.29 is 13.8 Å². The maximum atomic E-state index is 11.2. The minimum Gasteiger partial charge on any atom is -0.382 e. The van der Waals surface area contributed by atoms with Gasteiger partial charge in [0.2, 0.25) is 0 Å². The average Bonchev–Trinajstić information content (AvgIpc) is 1.89. The van der Waals surface area contributed by atoms with Crippen molar-refractivity contribution in [1.82, 2.24) is 0 Å². The predicted molar refractivity (Wildman–Crippen MR) is 41.9 cm³/mol. The molecule has 0 heterocycles. The van der Waals surface area contributed by atoms with Crippen molar-refractivity contribution in [3.05, 3.63) is 0 Å². The van der Waals surface area contributed by atoms with Crippen molar-refractivity contribution in [2.75, 3.05) is 33.2 Å². The van der Waals surface area contributed by atoms with Gasteiger partial charge in [0, 0.05) is 19.9 Å². The van der Waals surface area contributed by atoms with E-state index in [1.807, 2.05) is 6.92 Å². The Morgan fingerprint density at radius 3 is 2.40 bits per heavy atom. The average molecular weight is 166 g/mol. The van der Waals surface area contributed by atoms with Crippen LogP contribution in [0.1, 0.15) is 6.92 Å². The minimum atomic E-state index is -2.28. The van der Waals surface area contributed by atoms with Gasteiger partial charge in [0.25, 0.3) is 0 Å². The molecular formula is C6H15O3P. The van der Waals surface area contributed by atoms with Gasteiger partial charge in [0.05, 0.1) is 13.2 Å². The van der Waals surface area contributed by atoms with Crippen LogP contribution in [0.5, 0.6) is 0 Å². The van der Waals surface area contributed by atoms with E-state index in [1.165, 1.54) is 0 Å². The molecule has 0 N–H and O–H groups in total. The van der Waals surface area contributed by atoms with Gasteiger partial charge >= 0.3 is 0 Å². The highest BCUT2D eigenvalue weighted by Gasteiger charge is 2.10. The third-order valence-corrected chi connectivity index (χ3v) is 3.10. The molecule has 10 heavy (non-hydrogen) atoms. The molecule has 4 heteroatoms. The molecule has 0 aliphatic rings. The van der Waals surface area contributed by atoms with Gasteiger partial charge in [-0.1, -0.05) is 6.92 Å². The minimum absolute atomic E-state index is 0.429. The van der Waals surface area contributed by atoms with Gasteiger partial charge in [0.15, 0.2) is 7.37 Å². The molecule has 0 saturated carbocycles. The van der Waals surface area contributed by atoms with Crippen LogP contribution in [-0.2, 0) is 13.8 Å². The zero-order valence-corrected chi connectivity index (χ0v) is 7.69. The maximum absolute atomic E-state index is 11.2.